The molecule has 3 N–H and O–H groups in total. The van der Waals surface area contributed by atoms with Gasteiger partial charge in [-0.25, -0.2) is 8.78 Å². The summed E-state index contributed by atoms with van der Waals surface area (Å²) in [5.41, 5.74) is 5.08. The first-order valence-electron chi connectivity index (χ1n) is 6.22. The predicted molar refractivity (Wildman–Crippen MR) is 86.5 cm³/mol. The molecule has 1 fully saturated rings. The van der Waals surface area contributed by atoms with Gasteiger partial charge in [-0.2, -0.15) is 0 Å². The maximum absolute atomic E-state index is 13.5. The van der Waals surface area contributed by atoms with E-state index in [0.29, 0.717) is 26.1 Å². The zero-order valence-corrected chi connectivity index (χ0v) is 14.1. The molecule has 0 saturated carbocycles. The van der Waals surface area contributed by atoms with Crippen LogP contribution >= 0.6 is 35.0 Å². The summed E-state index contributed by atoms with van der Waals surface area (Å²) in [7, 11) is 0. The second-order valence-electron chi connectivity index (χ2n) is 4.80. The average molecular weight is 433 g/mol. The maximum Gasteiger partial charge on any atom is 0.232 e. The van der Waals surface area contributed by atoms with Crippen molar-refractivity contribution < 1.29 is 18.3 Å². The summed E-state index contributed by atoms with van der Waals surface area (Å²) in [5, 5.41) is 2.55. The van der Waals surface area contributed by atoms with Crippen LogP contribution in [0.2, 0.25) is 0 Å². The summed E-state index contributed by atoms with van der Waals surface area (Å²) in [6.07, 6.45) is 1.01. The minimum atomic E-state index is -0.728. The number of carbonyl (C=O) groups excluding carboxylic acids is 1. The third-order valence-electron chi connectivity index (χ3n) is 3.56. The quantitative estimate of drug-likeness (QED) is 0.570. The fourth-order valence-electron chi connectivity index (χ4n) is 2.18. The van der Waals surface area contributed by atoms with Gasteiger partial charge in [0.2, 0.25) is 5.91 Å². The molecule has 0 bridgehead atoms. The van der Waals surface area contributed by atoms with Crippen molar-refractivity contribution in [3.8, 4) is 0 Å². The number of rotatable bonds is 3. The summed E-state index contributed by atoms with van der Waals surface area (Å²) in [5.74, 6) is -1.72. The highest BCUT2D eigenvalue weighted by Crippen LogP contribution is 2.31. The van der Waals surface area contributed by atoms with E-state index in [-0.39, 0.29) is 34.1 Å². The van der Waals surface area contributed by atoms with Crippen molar-refractivity contribution in [1.29, 1.82) is 0 Å². The number of ether oxygens (including phenoxy) is 1. The maximum atomic E-state index is 13.5. The Morgan fingerprint density at radius 2 is 1.86 bits per heavy atom. The number of halogens is 4. The lowest BCUT2D eigenvalue weighted by atomic mass is 9.79. The number of nitrogens with one attached hydrogen (secondary N) is 1. The first-order valence-corrected chi connectivity index (χ1v) is 7.30. The van der Waals surface area contributed by atoms with Gasteiger partial charge in [-0.15, -0.1) is 12.4 Å². The van der Waals surface area contributed by atoms with Gasteiger partial charge in [0.05, 0.1) is 8.99 Å². The van der Waals surface area contributed by atoms with Gasteiger partial charge in [-0.1, -0.05) is 0 Å². The van der Waals surface area contributed by atoms with Gasteiger partial charge in [-0.05, 0) is 47.6 Å². The lowest BCUT2D eigenvalue weighted by molar-refractivity contribution is -0.130. The molecule has 118 valence electrons. The molecule has 0 atom stereocenters. The number of amides is 1. The van der Waals surface area contributed by atoms with Crippen LogP contribution in [0.3, 0.4) is 0 Å². The van der Waals surface area contributed by atoms with Crippen LogP contribution in [0.4, 0.5) is 14.5 Å². The van der Waals surface area contributed by atoms with Crippen LogP contribution in [0.25, 0.3) is 0 Å². The lowest BCUT2D eigenvalue weighted by Gasteiger charge is -2.34. The van der Waals surface area contributed by atoms with E-state index in [4.69, 9.17) is 10.5 Å². The van der Waals surface area contributed by atoms with E-state index in [1.165, 1.54) is 0 Å². The van der Waals surface area contributed by atoms with Crippen molar-refractivity contribution in [3.05, 3.63) is 27.3 Å². The van der Waals surface area contributed by atoms with E-state index in [0.717, 1.165) is 12.1 Å². The zero-order valence-electron chi connectivity index (χ0n) is 11.1. The van der Waals surface area contributed by atoms with Crippen molar-refractivity contribution in [2.75, 3.05) is 25.1 Å². The Labute approximate surface area is 141 Å². The number of carbonyl (C=O) groups is 1. The number of hydrogen-bond acceptors (Lipinski definition) is 3. The number of nitrogens with two attached hydrogens (primary N) is 1. The normalized spacial score (nSPS) is 17.0. The first kappa shape index (κ1) is 18.5. The standard InChI is InChI=1S/C13H15F2IN2O2.ClH/c14-9-5-8(6-10(15)11(9)16)18-12(19)13(7-17)1-3-20-4-2-13;/h5-6H,1-4,7,17H2,(H,18,19);1H. The van der Waals surface area contributed by atoms with Crippen LogP contribution in [0, 0.1) is 20.6 Å². The summed E-state index contributed by atoms with van der Waals surface area (Å²) < 4.78 is 32.1. The van der Waals surface area contributed by atoms with Crippen LogP contribution in [0.1, 0.15) is 12.8 Å². The molecule has 1 aliphatic heterocycles. The summed E-state index contributed by atoms with van der Waals surface area (Å²) in [6, 6.07) is 2.21. The molecule has 1 saturated heterocycles. The molecule has 8 heteroatoms. The third-order valence-corrected chi connectivity index (χ3v) is 4.59. The molecule has 0 spiro atoms. The topological polar surface area (TPSA) is 64.4 Å². The largest absolute Gasteiger partial charge is 0.381 e. The van der Waals surface area contributed by atoms with Crippen LogP contribution < -0.4 is 11.1 Å². The van der Waals surface area contributed by atoms with Gasteiger partial charge in [0.25, 0.3) is 0 Å². The highest BCUT2D eigenvalue weighted by molar-refractivity contribution is 14.1. The van der Waals surface area contributed by atoms with Crippen LogP contribution in [0.5, 0.6) is 0 Å². The van der Waals surface area contributed by atoms with Crippen molar-refractivity contribution in [3.63, 3.8) is 0 Å². The molecular weight excluding hydrogens is 417 g/mol. The Balaban J connectivity index is 0.00000220. The number of hydrogen-bond donors (Lipinski definition) is 2. The van der Waals surface area contributed by atoms with Crippen LogP contribution in [0.15, 0.2) is 12.1 Å². The highest BCUT2D eigenvalue weighted by Gasteiger charge is 2.38. The first-order chi connectivity index (χ1) is 9.48. The Hall–Kier alpha value is -0.510. The molecule has 1 heterocycles. The van der Waals surface area contributed by atoms with Gasteiger partial charge in [0.15, 0.2) is 0 Å². The third kappa shape index (κ3) is 4.02. The van der Waals surface area contributed by atoms with E-state index in [1.807, 2.05) is 0 Å². The minimum absolute atomic E-state index is 0. The summed E-state index contributed by atoms with van der Waals surface area (Å²) in [4.78, 5) is 12.3. The molecule has 1 amide bonds. The number of anilines is 1. The zero-order chi connectivity index (χ0) is 14.8. The molecule has 0 aliphatic carbocycles. The smallest absolute Gasteiger partial charge is 0.232 e. The van der Waals surface area contributed by atoms with Crippen molar-refractivity contribution >= 4 is 46.6 Å². The summed E-state index contributed by atoms with van der Waals surface area (Å²) >= 11 is 1.57. The van der Waals surface area contributed by atoms with Gasteiger partial charge in [-0.3, -0.25) is 4.79 Å². The molecule has 1 aliphatic rings. The second-order valence-corrected chi connectivity index (χ2v) is 5.88. The molecule has 0 radical (unpaired) electrons. The number of benzene rings is 1. The van der Waals surface area contributed by atoms with Gasteiger partial charge < -0.3 is 15.8 Å². The Morgan fingerprint density at radius 3 is 2.33 bits per heavy atom. The Bertz CT molecular complexity index is 502. The fraction of sp³-hybridized carbons (Fsp3) is 0.462. The second kappa shape index (κ2) is 7.66. The van der Waals surface area contributed by atoms with E-state index < -0.39 is 17.0 Å². The highest BCUT2D eigenvalue weighted by atomic mass is 127. The lowest BCUT2D eigenvalue weighted by Crippen LogP contribution is -2.46. The molecule has 0 aromatic heterocycles. The predicted octanol–water partition coefficient (Wildman–Crippen LogP) is 2.69. The van der Waals surface area contributed by atoms with E-state index in [1.54, 1.807) is 22.6 Å². The SMILES string of the molecule is Cl.NCC1(C(=O)Nc2cc(F)c(I)c(F)c2)CCOCC1. The molecule has 0 unspecified atom stereocenters. The summed E-state index contributed by atoms with van der Waals surface area (Å²) in [6.45, 7) is 1.09. The van der Waals surface area contributed by atoms with Crippen molar-refractivity contribution in [2.24, 2.45) is 11.1 Å². The van der Waals surface area contributed by atoms with E-state index in [2.05, 4.69) is 5.32 Å². The fourth-order valence-corrected chi connectivity index (χ4v) is 2.49. The minimum Gasteiger partial charge on any atom is -0.381 e. The Morgan fingerprint density at radius 1 is 1.33 bits per heavy atom. The van der Waals surface area contributed by atoms with Gasteiger partial charge in [0, 0.05) is 25.4 Å². The molecule has 4 nitrogen and oxygen atoms in total. The molecule has 1 aromatic carbocycles. The van der Waals surface area contributed by atoms with Gasteiger partial charge in [0.1, 0.15) is 11.6 Å². The van der Waals surface area contributed by atoms with E-state index in [9.17, 15) is 13.6 Å². The van der Waals surface area contributed by atoms with Gasteiger partial charge >= 0.3 is 0 Å². The average Bonchev–Trinajstić information content (AvgIpc) is 2.45. The monoisotopic (exact) mass is 432 g/mol. The van der Waals surface area contributed by atoms with Crippen LogP contribution in [-0.2, 0) is 9.53 Å². The molecular formula is C13H16ClF2IN2O2. The molecule has 2 rings (SSSR count). The van der Waals surface area contributed by atoms with Crippen molar-refractivity contribution in [1.82, 2.24) is 0 Å². The van der Waals surface area contributed by atoms with Crippen molar-refractivity contribution in [2.45, 2.75) is 12.8 Å². The molecule has 1 aromatic rings. The Kier molecular flexibility index (Phi) is 6.76. The van der Waals surface area contributed by atoms with Crippen LogP contribution in [-0.4, -0.2) is 25.7 Å². The molecule has 21 heavy (non-hydrogen) atoms. The van der Waals surface area contributed by atoms with E-state index >= 15 is 0 Å².